The third kappa shape index (κ3) is 6.00. The van der Waals surface area contributed by atoms with Crippen LogP contribution in [0.2, 0.25) is 10.0 Å². The van der Waals surface area contributed by atoms with E-state index in [1.165, 1.54) is 25.3 Å². The molecule has 0 bridgehead atoms. The van der Waals surface area contributed by atoms with Crippen molar-refractivity contribution < 1.29 is 46.9 Å². The van der Waals surface area contributed by atoms with Gasteiger partial charge in [0.2, 0.25) is 11.8 Å². The number of nitrogens with zero attached hydrogens (tertiary/aromatic N) is 2. The van der Waals surface area contributed by atoms with E-state index in [2.05, 4.69) is 26.1 Å². The number of methoxy groups -OCH3 is 1. The predicted octanol–water partition coefficient (Wildman–Crippen LogP) is 8.56. The molecule has 8 rings (SSSR count). The second-order valence-electron chi connectivity index (χ2n) is 14.0. The molecule has 288 valence electrons. The third-order valence-corrected chi connectivity index (χ3v) is 12.3. The van der Waals surface area contributed by atoms with Gasteiger partial charge in [-0.05, 0) is 97.1 Å². The number of hydrogen-bond donors (Lipinski definition) is 2. The molecular weight excluding hydrogens is 842 g/mol. The van der Waals surface area contributed by atoms with Crippen LogP contribution in [0.1, 0.15) is 29.9 Å². The molecule has 0 aromatic heterocycles. The number of allylic oxidation sites excluding steroid dienone is 2. The summed E-state index contributed by atoms with van der Waals surface area (Å²) in [7, 11) is 1.45. The van der Waals surface area contributed by atoms with Gasteiger partial charge < -0.3 is 14.6 Å². The molecule has 16 heteroatoms. The van der Waals surface area contributed by atoms with Crippen molar-refractivity contribution in [3.8, 4) is 17.2 Å². The second-order valence-corrected chi connectivity index (χ2v) is 15.7. The Bertz CT molecular complexity index is 2340. The number of phenols is 1. The molecule has 10 nitrogen and oxygen atoms in total. The van der Waals surface area contributed by atoms with Crippen molar-refractivity contribution in [1.82, 2.24) is 5.01 Å². The maximum Gasteiger partial charge on any atom is 0.573 e. The lowest BCUT2D eigenvalue weighted by molar-refractivity contribution is -0.274. The quantitative estimate of drug-likeness (QED) is 0.140. The summed E-state index contributed by atoms with van der Waals surface area (Å²) < 4.78 is 51.3. The fraction of sp³-hybridized carbons (Fsp3) is 0.250. The standard InChI is InChI=1S/C40H29BrCl2F3N3O7/c1-55-23-9-2-19(3-10-23)39-29(36(52)49(38(39)54)47-31-14-6-21(42)16-30(31)43)18-27-25(34(39)28-17-24(11-15-32(28)50)56-40(44,45)46)12-13-26-33(27)37(53)48(35(26)51)22-7-4-20(41)5-8-22/h2-12,14-17,26-27,29,33-34,47,50H,13,18H2,1H3. The Hall–Kier alpha value is -5.05. The summed E-state index contributed by atoms with van der Waals surface area (Å²) in [5.41, 5.74) is 1.94. The van der Waals surface area contributed by atoms with Crippen LogP contribution in [0.3, 0.4) is 0 Å². The summed E-state index contributed by atoms with van der Waals surface area (Å²) in [4.78, 5) is 59.9. The number of nitrogens with one attached hydrogen (secondary N) is 1. The first-order chi connectivity index (χ1) is 26.6. The SMILES string of the molecule is COc1ccc(C23C(=O)N(Nc4ccc(Cl)cc4Cl)C(=O)C2CC2C(=CCC4C(=O)N(c5ccc(Br)cc5)C(=O)C42)C3c2cc(OC(F)(F)F)ccc2O)cc1. The second kappa shape index (κ2) is 13.9. The largest absolute Gasteiger partial charge is 0.573 e. The van der Waals surface area contributed by atoms with E-state index in [-0.39, 0.29) is 39.7 Å². The number of phenolic OH excluding ortho intramolecular Hbond substituents is 1. The van der Waals surface area contributed by atoms with Crippen molar-refractivity contribution in [2.75, 3.05) is 17.4 Å². The lowest BCUT2D eigenvalue weighted by Gasteiger charge is -2.50. The number of alkyl halides is 3. The number of imide groups is 2. The molecule has 6 atom stereocenters. The normalized spacial score (nSPS) is 25.8. The molecule has 2 aliphatic heterocycles. The molecule has 4 amide bonds. The van der Waals surface area contributed by atoms with Crippen molar-refractivity contribution >= 4 is 74.1 Å². The van der Waals surface area contributed by atoms with E-state index in [1.54, 1.807) is 54.6 Å². The molecular formula is C40H29BrCl2F3N3O7. The Morgan fingerprint density at radius 2 is 1.57 bits per heavy atom. The first-order valence-electron chi connectivity index (χ1n) is 17.3. The van der Waals surface area contributed by atoms with E-state index in [0.717, 1.165) is 32.6 Å². The maximum atomic E-state index is 15.4. The molecule has 2 aliphatic carbocycles. The van der Waals surface area contributed by atoms with E-state index in [9.17, 15) is 32.7 Å². The van der Waals surface area contributed by atoms with Gasteiger partial charge in [-0.1, -0.05) is 62.9 Å². The summed E-state index contributed by atoms with van der Waals surface area (Å²) in [6, 6.07) is 20.3. The number of rotatable bonds is 7. The maximum absolute atomic E-state index is 15.4. The molecule has 6 unspecified atom stereocenters. The zero-order chi connectivity index (χ0) is 39.8. The van der Waals surface area contributed by atoms with E-state index < -0.39 is 76.5 Å². The van der Waals surface area contributed by atoms with Gasteiger partial charge >= 0.3 is 6.36 Å². The minimum absolute atomic E-state index is 0.0396. The highest BCUT2D eigenvalue weighted by Crippen LogP contribution is 2.65. The van der Waals surface area contributed by atoms with Crippen LogP contribution in [-0.2, 0) is 24.6 Å². The predicted molar refractivity (Wildman–Crippen MR) is 202 cm³/mol. The number of anilines is 2. The van der Waals surface area contributed by atoms with Gasteiger partial charge in [0, 0.05) is 21.0 Å². The number of aromatic hydroxyl groups is 1. The molecule has 4 aliphatic rings. The topological polar surface area (TPSA) is 125 Å². The van der Waals surface area contributed by atoms with Gasteiger partial charge in [-0.2, -0.15) is 5.01 Å². The zero-order valence-electron chi connectivity index (χ0n) is 29.0. The molecule has 0 spiro atoms. The molecule has 1 saturated carbocycles. The molecule has 4 aromatic rings. The molecule has 2 N–H and O–H groups in total. The van der Waals surface area contributed by atoms with Crippen LogP contribution in [0.15, 0.2) is 101 Å². The first kappa shape index (κ1) is 37.9. The first-order valence-corrected chi connectivity index (χ1v) is 18.9. The van der Waals surface area contributed by atoms with Gasteiger partial charge in [-0.25, -0.2) is 0 Å². The average Bonchev–Trinajstić information content (AvgIpc) is 3.54. The number of hydrogen-bond acceptors (Lipinski definition) is 8. The summed E-state index contributed by atoms with van der Waals surface area (Å²) in [5, 5.41) is 12.8. The number of amides is 4. The Labute approximate surface area is 335 Å². The van der Waals surface area contributed by atoms with Gasteiger partial charge in [0.15, 0.2) is 0 Å². The molecule has 2 saturated heterocycles. The smallest absolute Gasteiger partial charge is 0.508 e. The Morgan fingerprint density at radius 1 is 0.875 bits per heavy atom. The summed E-state index contributed by atoms with van der Waals surface area (Å²) in [6.45, 7) is 0. The van der Waals surface area contributed by atoms with Gasteiger partial charge in [0.05, 0.1) is 46.7 Å². The molecule has 56 heavy (non-hydrogen) atoms. The van der Waals surface area contributed by atoms with Crippen molar-refractivity contribution in [3.63, 3.8) is 0 Å². The zero-order valence-corrected chi connectivity index (χ0v) is 32.1. The van der Waals surface area contributed by atoms with Gasteiger partial charge in [0.25, 0.3) is 11.8 Å². The van der Waals surface area contributed by atoms with Gasteiger partial charge in [-0.3, -0.25) is 29.5 Å². The highest BCUT2D eigenvalue weighted by Gasteiger charge is 2.70. The number of carbonyl (C=O) groups excluding carboxylic acids is 4. The summed E-state index contributed by atoms with van der Waals surface area (Å²) >= 11 is 16.0. The summed E-state index contributed by atoms with van der Waals surface area (Å²) in [5.74, 6) is -8.61. The van der Waals surface area contributed by atoms with E-state index in [4.69, 9.17) is 27.9 Å². The third-order valence-electron chi connectivity index (χ3n) is 11.2. The van der Waals surface area contributed by atoms with Crippen molar-refractivity contribution in [1.29, 1.82) is 0 Å². The van der Waals surface area contributed by atoms with Crippen LogP contribution in [0.5, 0.6) is 17.2 Å². The molecule has 0 radical (unpaired) electrons. The van der Waals surface area contributed by atoms with Crippen molar-refractivity contribution in [3.05, 3.63) is 122 Å². The lowest BCUT2D eigenvalue weighted by atomic mass is 9.49. The van der Waals surface area contributed by atoms with Crippen molar-refractivity contribution in [2.24, 2.45) is 23.7 Å². The van der Waals surface area contributed by atoms with Crippen LogP contribution in [0, 0.1) is 23.7 Å². The van der Waals surface area contributed by atoms with E-state index in [0.29, 0.717) is 17.0 Å². The van der Waals surface area contributed by atoms with Crippen LogP contribution in [0.25, 0.3) is 0 Å². The summed E-state index contributed by atoms with van der Waals surface area (Å²) in [6.07, 6.45) is -3.46. The van der Waals surface area contributed by atoms with Crippen LogP contribution in [0.4, 0.5) is 24.5 Å². The van der Waals surface area contributed by atoms with Crippen molar-refractivity contribution in [2.45, 2.75) is 30.5 Å². The highest BCUT2D eigenvalue weighted by molar-refractivity contribution is 9.10. The Morgan fingerprint density at radius 3 is 2.23 bits per heavy atom. The van der Waals surface area contributed by atoms with E-state index in [1.807, 2.05) is 0 Å². The highest BCUT2D eigenvalue weighted by atomic mass is 79.9. The Balaban J connectivity index is 1.35. The van der Waals surface area contributed by atoms with Crippen LogP contribution >= 0.6 is 39.1 Å². The monoisotopic (exact) mass is 869 g/mol. The molecule has 3 fully saturated rings. The lowest BCUT2D eigenvalue weighted by Crippen LogP contribution is -2.53. The van der Waals surface area contributed by atoms with Crippen LogP contribution in [-0.4, -0.2) is 47.2 Å². The number of carbonyl (C=O) groups is 4. The minimum atomic E-state index is -5.11. The minimum Gasteiger partial charge on any atom is -0.508 e. The van der Waals surface area contributed by atoms with Crippen LogP contribution < -0.4 is 19.8 Å². The molecule has 2 heterocycles. The average molecular weight is 871 g/mol. The fourth-order valence-electron chi connectivity index (χ4n) is 8.99. The Kier molecular flexibility index (Phi) is 9.36. The van der Waals surface area contributed by atoms with Gasteiger partial charge in [-0.15, -0.1) is 13.2 Å². The number of hydrazine groups is 1. The number of halogens is 6. The van der Waals surface area contributed by atoms with E-state index >= 15 is 4.79 Å². The fourth-order valence-corrected chi connectivity index (χ4v) is 9.71. The number of benzene rings is 4. The number of ether oxygens (including phenoxy) is 2. The van der Waals surface area contributed by atoms with Gasteiger partial charge in [0.1, 0.15) is 17.2 Å². The molecule has 4 aromatic carbocycles. The number of fused-ring (bicyclic) bond motifs is 4.